The molecule has 2 heterocycles. The number of rotatable bonds is 3. The van der Waals surface area contributed by atoms with Gasteiger partial charge < -0.3 is 10.2 Å². The van der Waals surface area contributed by atoms with Gasteiger partial charge in [0.25, 0.3) is 5.91 Å². The standard InChI is InChI=1S/C21H21ClN4O2/c1-2-26-17-9-4-3-8-16(17)20(27)19(24-26)21(28)25-11-10-23-13-18(25)14-6-5-7-15(22)12-14/h3-9,12,18,23H,2,10-11,13H2,1H3. The summed E-state index contributed by atoms with van der Waals surface area (Å²) >= 11 is 6.15. The number of piperazine rings is 1. The van der Waals surface area contributed by atoms with Crippen molar-refractivity contribution < 1.29 is 4.79 Å². The number of aromatic nitrogens is 2. The van der Waals surface area contributed by atoms with E-state index < -0.39 is 0 Å². The minimum absolute atomic E-state index is 0.0329. The average Bonchev–Trinajstić information content (AvgIpc) is 2.74. The summed E-state index contributed by atoms with van der Waals surface area (Å²) in [5.74, 6) is -0.343. The van der Waals surface area contributed by atoms with Crippen LogP contribution in [0.15, 0.2) is 53.3 Å². The lowest BCUT2D eigenvalue weighted by Gasteiger charge is -2.36. The number of nitrogens with one attached hydrogen (secondary N) is 1. The number of halogens is 1. The van der Waals surface area contributed by atoms with Gasteiger partial charge in [0.15, 0.2) is 5.69 Å². The van der Waals surface area contributed by atoms with Gasteiger partial charge in [-0.3, -0.25) is 14.3 Å². The van der Waals surface area contributed by atoms with Crippen LogP contribution in [0.25, 0.3) is 10.9 Å². The molecule has 3 aromatic rings. The lowest BCUT2D eigenvalue weighted by Crippen LogP contribution is -2.50. The molecule has 4 rings (SSSR count). The van der Waals surface area contributed by atoms with E-state index in [1.165, 1.54) is 0 Å². The number of amides is 1. The number of carbonyl (C=O) groups is 1. The summed E-state index contributed by atoms with van der Waals surface area (Å²) in [6, 6.07) is 14.5. The molecule has 1 saturated heterocycles. The molecule has 144 valence electrons. The first-order valence-electron chi connectivity index (χ1n) is 9.37. The van der Waals surface area contributed by atoms with Gasteiger partial charge in [-0.1, -0.05) is 35.9 Å². The van der Waals surface area contributed by atoms with Crippen molar-refractivity contribution in [2.45, 2.75) is 19.5 Å². The Balaban J connectivity index is 1.79. The van der Waals surface area contributed by atoms with Gasteiger partial charge in [0.2, 0.25) is 5.43 Å². The highest BCUT2D eigenvalue weighted by molar-refractivity contribution is 6.30. The highest BCUT2D eigenvalue weighted by Gasteiger charge is 2.31. The quantitative estimate of drug-likeness (QED) is 0.739. The SMILES string of the molecule is CCn1nc(C(=O)N2CCNCC2c2cccc(Cl)c2)c(=O)c2ccccc21. The number of para-hydroxylation sites is 1. The summed E-state index contributed by atoms with van der Waals surface area (Å²) in [5.41, 5.74) is 1.31. The Morgan fingerprint density at radius 3 is 2.86 bits per heavy atom. The summed E-state index contributed by atoms with van der Waals surface area (Å²) in [6.45, 7) is 4.27. The molecule has 7 heteroatoms. The van der Waals surface area contributed by atoms with Gasteiger partial charge in [-0.2, -0.15) is 5.10 Å². The van der Waals surface area contributed by atoms with Gasteiger partial charge >= 0.3 is 0 Å². The molecule has 1 amide bonds. The lowest BCUT2D eigenvalue weighted by atomic mass is 10.0. The highest BCUT2D eigenvalue weighted by atomic mass is 35.5. The first-order valence-corrected chi connectivity index (χ1v) is 9.75. The number of nitrogens with zero attached hydrogens (tertiary/aromatic N) is 3. The van der Waals surface area contributed by atoms with Crippen molar-refractivity contribution in [3.8, 4) is 0 Å². The average molecular weight is 397 g/mol. The third-order valence-electron chi connectivity index (χ3n) is 5.10. The number of hydrogen-bond acceptors (Lipinski definition) is 4. The van der Waals surface area contributed by atoms with Crippen molar-refractivity contribution in [3.05, 3.63) is 75.0 Å². The van der Waals surface area contributed by atoms with Gasteiger partial charge in [0.05, 0.1) is 11.6 Å². The van der Waals surface area contributed by atoms with E-state index in [-0.39, 0.29) is 23.1 Å². The van der Waals surface area contributed by atoms with Gasteiger partial charge in [-0.15, -0.1) is 0 Å². The first-order chi connectivity index (χ1) is 13.6. The predicted molar refractivity (Wildman–Crippen MR) is 110 cm³/mol. The molecule has 28 heavy (non-hydrogen) atoms. The number of hydrogen-bond donors (Lipinski definition) is 1. The maximum Gasteiger partial charge on any atom is 0.279 e. The molecule has 0 saturated carbocycles. The van der Waals surface area contributed by atoms with Crippen LogP contribution in [0.3, 0.4) is 0 Å². The second-order valence-electron chi connectivity index (χ2n) is 6.78. The van der Waals surface area contributed by atoms with E-state index in [0.717, 1.165) is 11.1 Å². The molecule has 0 radical (unpaired) electrons. The minimum Gasteiger partial charge on any atom is -0.328 e. The summed E-state index contributed by atoms with van der Waals surface area (Å²) < 4.78 is 1.71. The van der Waals surface area contributed by atoms with E-state index >= 15 is 0 Å². The molecule has 1 N–H and O–H groups in total. The molecule has 0 aliphatic carbocycles. The molecular weight excluding hydrogens is 376 g/mol. The Morgan fingerprint density at radius 1 is 1.25 bits per heavy atom. The van der Waals surface area contributed by atoms with E-state index in [1.54, 1.807) is 27.8 Å². The smallest absolute Gasteiger partial charge is 0.279 e. The van der Waals surface area contributed by atoms with Crippen LogP contribution in [0.4, 0.5) is 0 Å². The van der Waals surface area contributed by atoms with Gasteiger partial charge in [-0.25, -0.2) is 0 Å². The first kappa shape index (κ1) is 18.7. The van der Waals surface area contributed by atoms with E-state index in [0.29, 0.717) is 36.6 Å². The molecule has 1 fully saturated rings. The van der Waals surface area contributed by atoms with E-state index in [4.69, 9.17) is 11.6 Å². The second kappa shape index (κ2) is 7.73. The van der Waals surface area contributed by atoms with Crippen molar-refractivity contribution in [3.63, 3.8) is 0 Å². The van der Waals surface area contributed by atoms with Crippen LogP contribution >= 0.6 is 11.6 Å². The molecular formula is C21H21ClN4O2. The number of aryl methyl sites for hydroxylation is 1. The van der Waals surface area contributed by atoms with Crippen LogP contribution in [-0.4, -0.2) is 40.2 Å². The zero-order chi connectivity index (χ0) is 19.7. The monoisotopic (exact) mass is 396 g/mol. The van der Waals surface area contributed by atoms with E-state index in [9.17, 15) is 9.59 Å². The predicted octanol–water partition coefficient (Wildman–Crippen LogP) is 2.86. The fourth-order valence-electron chi connectivity index (χ4n) is 3.71. The third kappa shape index (κ3) is 3.30. The van der Waals surface area contributed by atoms with Crippen molar-refractivity contribution in [2.24, 2.45) is 0 Å². The van der Waals surface area contributed by atoms with Gasteiger partial charge in [0.1, 0.15) is 0 Å². The fourth-order valence-corrected chi connectivity index (χ4v) is 3.91. The molecule has 2 aromatic carbocycles. The number of carbonyl (C=O) groups excluding carboxylic acids is 1. The third-order valence-corrected chi connectivity index (χ3v) is 5.34. The number of benzene rings is 2. The molecule has 0 spiro atoms. The van der Waals surface area contributed by atoms with E-state index in [1.807, 2.05) is 37.3 Å². The molecule has 6 nitrogen and oxygen atoms in total. The summed E-state index contributed by atoms with van der Waals surface area (Å²) in [4.78, 5) is 28.1. The lowest BCUT2D eigenvalue weighted by molar-refractivity contribution is 0.0624. The molecule has 1 aromatic heterocycles. The van der Waals surface area contributed by atoms with Crippen molar-refractivity contribution in [2.75, 3.05) is 19.6 Å². The topological polar surface area (TPSA) is 67.2 Å². The minimum atomic E-state index is -0.343. The number of fused-ring (bicyclic) bond motifs is 1. The molecule has 1 aliphatic rings. The van der Waals surface area contributed by atoms with Crippen molar-refractivity contribution in [1.82, 2.24) is 20.0 Å². The largest absolute Gasteiger partial charge is 0.328 e. The molecule has 1 atom stereocenters. The van der Waals surface area contributed by atoms with Crippen LogP contribution in [0.2, 0.25) is 5.02 Å². The molecule has 1 aliphatic heterocycles. The van der Waals surface area contributed by atoms with Gasteiger partial charge in [0, 0.05) is 36.6 Å². The summed E-state index contributed by atoms with van der Waals surface area (Å²) in [5, 5.41) is 8.85. The molecule has 1 unspecified atom stereocenters. The van der Waals surface area contributed by atoms with Crippen LogP contribution in [-0.2, 0) is 6.54 Å². The zero-order valence-electron chi connectivity index (χ0n) is 15.6. The zero-order valence-corrected chi connectivity index (χ0v) is 16.3. The van der Waals surface area contributed by atoms with E-state index in [2.05, 4.69) is 10.4 Å². The Labute approximate surface area is 167 Å². The molecule has 0 bridgehead atoms. The van der Waals surface area contributed by atoms with Crippen LogP contribution in [0.5, 0.6) is 0 Å². The van der Waals surface area contributed by atoms with Gasteiger partial charge in [-0.05, 0) is 36.8 Å². The highest BCUT2D eigenvalue weighted by Crippen LogP contribution is 2.26. The Bertz CT molecular complexity index is 1100. The maximum atomic E-state index is 13.4. The van der Waals surface area contributed by atoms with Crippen LogP contribution in [0, 0.1) is 0 Å². The second-order valence-corrected chi connectivity index (χ2v) is 7.22. The Kier molecular flexibility index (Phi) is 5.15. The van der Waals surface area contributed by atoms with Crippen LogP contribution < -0.4 is 10.7 Å². The van der Waals surface area contributed by atoms with Crippen LogP contribution in [0.1, 0.15) is 29.0 Å². The maximum absolute atomic E-state index is 13.4. The van der Waals surface area contributed by atoms with Crippen molar-refractivity contribution in [1.29, 1.82) is 0 Å². The summed E-state index contributed by atoms with van der Waals surface area (Å²) in [7, 11) is 0. The Hall–Kier alpha value is -2.70. The Morgan fingerprint density at radius 2 is 2.07 bits per heavy atom. The van der Waals surface area contributed by atoms with Crippen molar-refractivity contribution >= 4 is 28.4 Å². The summed E-state index contributed by atoms with van der Waals surface area (Å²) in [6.07, 6.45) is 0. The fraction of sp³-hybridized carbons (Fsp3) is 0.286. The normalized spacial score (nSPS) is 17.1.